The number of hydrazine groups is 1. The molecule has 1 rings (SSSR count). The number of ketones is 3. The van der Waals surface area contributed by atoms with E-state index in [4.69, 9.17) is 5.84 Å². The molecule has 19 heavy (non-hydrogen) atoms. The third kappa shape index (κ3) is 2.92. The molecule has 6 heteroatoms. The van der Waals surface area contributed by atoms with Gasteiger partial charge in [-0.25, -0.2) is 5.84 Å². The summed E-state index contributed by atoms with van der Waals surface area (Å²) in [4.78, 5) is 46.3. The number of hydrogen-bond acceptors (Lipinski definition) is 5. The van der Waals surface area contributed by atoms with Gasteiger partial charge in [0.05, 0.1) is 5.56 Å². The van der Waals surface area contributed by atoms with Gasteiger partial charge in [-0.1, -0.05) is 0 Å². The number of Topliss-reactive ketones (excluding diaryl/α,β-unsaturated/α-hetero) is 3. The Morgan fingerprint density at radius 1 is 0.895 bits per heavy atom. The molecule has 0 aliphatic heterocycles. The first kappa shape index (κ1) is 14.7. The van der Waals surface area contributed by atoms with Crippen molar-refractivity contribution in [2.75, 3.05) is 0 Å². The van der Waals surface area contributed by atoms with E-state index in [1.54, 1.807) is 0 Å². The summed E-state index contributed by atoms with van der Waals surface area (Å²) in [5.74, 6) is 3.15. The van der Waals surface area contributed by atoms with E-state index in [-0.39, 0.29) is 28.0 Å². The number of nitrogens with two attached hydrogens (primary N) is 1. The monoisotopic (exact) mass is 262 g/mol. The fraction of sp³-hybridized carbons (Fsp3) is 0.231. The van der Waals surface area contributed by atoms with Crippen molar-refractivity contribution >= 4 is 23.3 Å². The summed E-state index contributed by atoms with van der Waals surface area (Å²) in [6, 6.07) is 2.59. The zero-order chi connectivity index (χ0) is 14.7. The lowest BCUT2D eigenvalue weighted by atomic mass is 9.92. The van der Waals surface area contributed by atoms with E-state index in [1.807, 2.05) is 5.43 Å². The van der Waals surface area contributed by atoms with E-state index in [0.29, 0.717) is 0 Å². The van der Waals surface area contributed by atoms with Crippen molar-refractivity contribution in [2.45, 2.75) is 20.8 Å². The highest BCUT2D eigenvalue weighted by atomic mass is 16.2. The highest BCUT2D eigenvalue weighted by Crippen LogP contribution is 2.20. The van der Waals surface area contributed by atoms with Crippen LogP contribution in [0.4, 0.5) is 0 Å². The van der Waals surface area contributed by atoms with E-state index in [1.165, 1.54) is 32.9 Å². The second-order valence-corrected chi connectivity index (χ2v) is 4.09. The Morgan fingerprint density at radius 3 is 1.58 bits per heavy atom. The summed E-state index contributed by atoms with van der Waals surface area (Å²) in [6.07, 6.45) is 0. The maximum atomic E-state index is 11.7. The van der Waals surface area contributed by atoms with Gasteiger partial charge < -0.3 is 0 Å². The Hall–Kier alpha value is -2.34. The lowest BCUT2D eigenvalue weighted by Crippen LogP contribution is -2.33. The molecule has 0 aliphatic carbocycles. The number of rotatable bonds is 4. The fourth-order valence-corrected chi connectivity index (χ4v) is 1.72. The van der Waals surface area contributed by atoms with Gasteiger partial charge >= 0.3 is 0 Å². The lowest BCUT2D eigenvalue weighted by Gasteiger charge is -2.12. The normalized spacial score (nSPS) is 9.89. The van der Waals surface area contributed by atoms with Gasteiger partial charge in [0.25, 0.3) is 5.91 Å². The van der Waals surface area contributed by atoms with Crippen LogP contribution in [0.2, 0.25) is 0 Å². The molecule has 0 aromatic heterocycles. The zero-order valence-electron chi connectivity index (χ0n) is 10.9. The molecule has 3 N–H and O–H groups in total. The van der Waals surface area contributed by atoms with E-state index in [0.717, 1.165) is 0 Å². The standard InChI is InChI=1S/C13H14N2O4/c1-6(16)9-4-10(7(2)17)12(13(19)15-14)11(5-9)8(3)18/h4-5H,14H2,1-3H3,(H,15,19). The molecule has 0 bridgehead atoms. The highest BCUT2D eigenvalue weighted by Gasteiger charge is 2.22. The minimum absolute atomic E-state index is 0.000787. The average Bonchev–Trinajstić information content (AvgIpc) is 2.35. The van der Waals surface area contributed by atoms with Gasteiger partial charge in [0.2, 0.25) is 0 Å². The largest absolute Gasteiger partial charge is 0.295 e. The predicted molar refractivity (Wildman–Crippen MR) is 68.1 cm³/mol. The molecule has 0 spiro atoms. The molecule has 0 radical (unpaired) electrons. The van der Waals surface area contributed by atoms with Crippen LogP contribution < -0.4 is 11.3 Å². The summed E-state index contributed by atoms with van der Waals surface area (Å²) in [5, 5.41) is 0. The Balaban J connectivity index is 3.75. The Kier molecular flexibility index (Phi) is 4.29. The molecule has 0 atom stereocenters. The van der Waals surface area contributed by atoms with E-state index < -0.39 is 17.5 Å². The average molecular weight is 262 g/mol. The molecule has 1 aromatic rings. The maximum absolute atomic E-state index is 11.7. The quantitative estimate of drug-likeness (QED) is 0.363. The second kappa shape index (κ2) is 5.53. The number of nitrogen functional groups attached to an aromatic ring is 1. The van der Waals surface area contributed by atoms with Crippen LogP contribution in [0.5, 0.6) is 0 Å². The summed E-state index contributed by atoms with van der Waals surface area (Å²) >= 11 is 0. The van der Waals surface area contributed by atoms with Crippen LogP contribution in [-0.2, 0) is 0 Å². The Labute approximate surface area is 109 Å². The molecule has 1 aromatic carbocycles. The maximum Gasteiger partial charge on any atom is 0.266 e. The Morgan fingerprint density at radius 2 is 1.32 bits per heavy atom. The van der Waals surface area contributed by atoms with Crippen molar-refractivity contribution in [3.63, 3.8) is 0 Å². The summed E-state index contributed by atoms with van der Waals surface area (Å²) in [7, 11) is 0. The van der Waals surface area contributed by atoms with E-state index in [2.05, 4.69) is 0 Å². The van der Waals surface area contributed by atoms with Crippen LogP contribution >= 0.6 is 0 Å². The molecule has 0 heterocycles. The Bertz CT molecular complexity index is 555. The number of carbonyl (C=O) groups is 4. The minimum atomic E-state index is -0.745. The number of hydrogen-bond donors (Lipinski definition) is 2. The smallest absolute Gasteiger partial charge is 0.266 e. The molecule has 1 amide bonds. The van der Waals surface area contributed by atoms with Crippen LogP contribution in [0.15, 0.2) is 12.1 Å². The molecule has 6 nitrogen and oxygen atoms in total. The third-order valence-corrected chi connectivity index (χ3v) is 2.66. The molecule has 0 fully saturated rings. The van der Waals surface area contributed by atoms with Gasteiger partial charge in [0.1, 0.15) is 0 Å². The van der Waals surface area contributed by atoms with Crippen molar-refractivity contribution in [1.82, 2.24) is 5.43 Å². The minimum Gasteiger partial charge on any atom is -0.295 e. The first-order chi connectivity index (χ1) is 8.79. The van der Waals surface area contributed by atoms with Gasteiger partial charge in [0.15, 0.2) is 17.3 Å². The highest BCUT2D eigenvalue weighted by molar-refractivity contribution is 6.15. The second-order valence-electron chi connectivity index (χ2n) is 4.09. The molecular weight excluding hydrogens is 248 g/mol. The van der Waals surface area contributed by atoms with Gasteiger partial charge in [0, 0.05) is 16.7 Å². The van der Waals surface area contributed by atoms with Gasteiger partial charge in [-0.3, -0.25) is 24.6 Å². The van der Waals surface area contributed by atoms with Gasteiger partial charge in [-0.15, -0.1) is 0 Å². The summed E-state index contributed by atoms with van der Waals surface area (Å²) in [5.41, 5.74) is 1.99. The van der Waals surface area contributed by atoms with Gasteiger partial charge in [-0.05, 0) is 32.9 Å². The van der Waals surface area contributed by atoms with Crippen LogP contribution in [0.25, 0.3) is 0 Å². The molecule has 100 valence electrons. The molecule has 0 unspecified atom stereocenters. The fourth-order valence-electron chi connectivity index (χ4n) is 1.72. The predicted octanol–water partition coefficient (Wildman–Crippen LogP) is 0.898. The van der Waals surface area contributed by atoms with E-state index in [9.17, 15) is 19.2 Å². The summed E-state index contributed by atoms with van der Waals surface area (Å²) in [6.45, 7) is 3.80. The molecular formula is C13H14N2O4. The van der Waals surface area contributed by atoms with Crippen molar-refractivity contribution in [1.29, 1.82) is 0 Å². The van der Waals surface area contributed by atoms with Crippen LogP contribution in [0, 0.1) is 0 Å². The topological polar surface area (TPSA) is 106 Å². The number of carbonyl (C=O) groups excluding carboxylic acids is 4. The first-order valence-corrected chi connectivity index (χ1v) is 5.51. The van der Waals surface area contributed by atoms with Gasteiger partial charge in [-0.2, -0.15) is 0 Å². The SMILES string of the molecule is CC(=O)c1cc(C(C)=O)c(C(=O)NN)c(C(C)=O)c1. The molecule has 0 saturated heterocycles. The third-order valence-electron chi connectivity index (χ3n) is 2.66. The first-order valence-electron chi connectivity index (χ1n) is 5.51. The number of amides is 1. The zero-order valence-corrected chi connectivity index (χ0v) is 10.9. The van der Waals surface area contributed by atoms with Crippen molar-refractivity contribution in [3.8, 4) is 0 Å². The van der Waals surface area contributed by atoms with Crippen LogP contribution in [0.1, 0.15) is 62.2 Å². The van der Waals surface area contributed by atoms with Crippen molar-refractivity contribution in [3.05, 3.63) is 34.4 Å². The van der Waals surface area contributed by atoms with E-state index >= 15 is 0 Å². The molecule has 0 saturated carbocycles. The van der Waals surface area contributed by atoms with Crippen LogP contribution in [0.3, 0.4) is 0 Å². The molecule has 0 aliphatic rings. The van der Waals surface area contributed by atoms with Crippen molar-refractivity contribution in [2.24, 2.45) is 5.84 Å². The summed E-state index contributed by atoms with van der Waals surface area (Å²) < 4.78 is 0. The number of nitrogens with one attached hydrogen (secondary N) is 1. The van der Waals surface area contributed by atoms with Crippen molar-refractivity contribution < 1.29 is 19.2 Å². The lowest BCUT2D eigenvalue weighted by molar-refractivity contribution is 0.0927. The van der Waals surface area contributed by atoms with Crippen LogP contribution in [-0.4, -0.2) is 23.3 Å². The number of benzene rings is 1.